The number of hydrogen-bond acceptors (Lipinski definition) is 2. The number of ether oxygens (including phenoxy) is 1. The van der Waals surface area contributed by atoms with E-state index in [4.69, 9.17) is 4.74 Å². The Balaban J connectivity index is 2.60. The van der Waals surface area contributed by atoms with Crippen LogP contribution in [0.3, 0.4) is 0 Å². The molecule has 1 aromatic rings. The van der Waals surface area contributed by atoms with Crippen LogP contribution in [0.5, 0.6) is 5.75 Å². The second-order valence-electron chi connectivity index (χ2n) is 4.69. The van der Waals surface area contributed by atoms with Crippen molar-refractivity contribution in [2.45, 2.75) is 45.6 Å². The lowest BCUT2D eigenvalue weighted by Crippen LogP contribution is -2.05. The second-order valence-corrected chi connectivity index (χ2v) is 4.69. The van der Waals surface area contributed by atoms with Gasteiger partial charge in [0, 0.05) is 0 Å². The van der Waals surface area contributed by atoms with Crippen molar-refractivity contribution in [3.05, 3.63) is 28.3 Å². The van der Waals surface area contributed by atoms with Gasteiger partial charge in [-0.2, -0.15) is 0 Å². The summed E-state index contributed by atoms with van der Waals surface area (Å²) >= 11 is 0. The van der Waals surface area contributed by atoms with Crippen molar-refractivity contribution >= 4 is 0 Å². The predicted molar refractivity (Wildman–Crippen MR) is 65.0 cm³/mol. The van der Waals surface area contributed by atoms with Crippen LogP contribution in [0.1, 0.15) is 47.6 Å². The van der Waals surface area contributed by atoms with E-state index in [1.165, 1.54) is 17.5 Å². The van der Waals surface area contributed by atoms with Gasteiger partial charge >= 0.3 is 0 Å². The Labute approximate surface area is 97.3 Å². The fourth-order valence-corrected chi connectivity index (χ4v) is 2.85. The van der Waals surface area contributed by atoms with Crippen LogP contribution < -0.4 is 4.74 Å². The minimum atomic E-state index is -0.313. The van der Waals surface area contributed by atoms with E-state index in [1.807, 2.05) is 0 Å². The molecule has 2 heteroatoms. The van der Waals surface area contributed by atoms with Crippen molar-refractivity contribution in [1.29, 1.82) is 0 Å². The molecule has 2 nitrogen and oxygen atoms in total. The second kappa shape index (κ2) is 4.46. The van der Waals surface area contributed by atoms with E-state index < -0.39 is 0 Å². The number of fused-ring (bicyclic) bond motifs is 1. The monoisotopic (exact) mass is 220 g/mol. The lowest BCUT2D eigenvalue weighted by molar-refractivity contribution is 0.165. The van der Waals surface area contributed by atoms with E-state index in [0.717, 1.165) is 36.1 Å². The summed E-state index contributed by atoms with van der Waals surface area (Å²) in [5, 5.41) is 10.2. The van der Waals surface area contributed by atoms with Gasteiger partial charge in [0.05, 0.1) is 13.2 Å². The van der Waals surface area contributed by atoms with Gasteiger partial charge < -0.3 is 9.84 Å². The van der Waals surface area contributed by atoms with E-state index in [1.54, 1.807) is 7.11 Å². The van der Waals surface area contributed by atoms with E-state index in [-0.39, 0.29) is 6.10 Å². The molecule has 0 saturated heterocycles. The number of methoxy groups -OCH3 is 1. The average Bonchev–Trinajstić information content (AvgIpc) is 2.41. The molecule has 88 valence electrons. The van der Waals surface area contributed by atoms with Crippen molar-refractivity contribution in [3.63, 3.8) is 0 Å². The summed E-state index contributed by atoms with van der Waals surface area (Å²) in [4.78, 5) is 0. The molecule has 0 heterocycles. The maximum atomic E-state index is 10.2. The number of rotatable bonds is 1. The molecule has 1 aliphatic carbocycles. The normalized spacial score (nSPS) is 20.1. The van der Waals surface area contributed by atoms with Crippen LogP contribution in [0.25, 0.3) is 0 Å². The standard InChI is InChI=1S/C14H20O2/c1-9-8-11-6-4-5-7-12(15)13(11)10(2)14(9)16-3/h8,12,15H,4-7H2,1-3H3. The summed E-state index contributed by atoms with van der Waals surface area (Å²) in [5.74, 6) is 0.930. The summed E-state index contributed by atoms with van der Waals surface area (Å²) in [6.07, 6.45) is 3.93. The molecular formula is C14H20O2. The van der Waals surface area contributed by atoms with Gasteiger partial charge in [-0.25, -0.2) is 0 Å². The highest BCUT2D eigenvalue weighted by Gasteiger charge is 2.21. The first-order valence-corrected chi connectivity index (χ1v) is 6.00. The van der Waals surface area contributed by atoms with Crippen molar-refractivity contribution in [2.24, 2.45) is 0 Å². The molecule has 0 aliphatic heterocycles. The zero-order valence-corrected chi connectivity index (χ0v) is 10.3. The molecule has 1 unspecified atom stereocenters. The summed E-state index contributed by atoms with van der Waals surface area (Å²) in [7, 11) is 1.70. The molecule has 2 rings (SSSR count). The van der Waals surface area contributed by atoms with Crippen LogP contribution >= 0.6 is 0 Å². The van der Waals surface area contributed by atoms with Crippen molar-refractivity contribution in [2.75, 3.05) is 7.11 Å². The van der Waals surface area contributed by atoms with Gasteiger partial charge in [0.15, 0.2) is 0 Å². The molecule has 0 bridgehead atoms. The van der Waals surface area contributed by atoms with Crippen molar-refractivity contribution in [1.82, 2.24) is 0 Å². The highest BCUT2D eigenvalue weighted by molar-refractivity contribution is 5.50. The smallest absolute Gasteiger partial charge is 0.125 e. The zero-order chi connectivity index (χ0) is 11.7. The van der Waals surface area contributed by atoms with Gasteiger partial charge in [-0.15, -0.1) is 0 Å². The molecule has 1 aliphatic rings. The third kappa shape index (κ3) is 1.82. The zero-order valence-electron chi connectivity index (χ0n) is 10.3. The fourth-order valence-electron chi connectivity index (χ4n) is 2.85. The maximum absolute atomic E-state index is 10.2. The Kier molecular flexibility index (Phi) is 3.20. The molecule has 0 fully saturated rings. The summed E-state index contributed by atoms with van der Waals surface area (Å²) in [6, 6.07) is 2.18. The number of aliphatic hydroxyl groups is 1. The van der Waals surface area contributed by atoms with Crippen molar-refractivity contribution < 1.29 is 9.84 Å². The molecular weight excluding hydrogens is 200 g/mol. The van der Waals surface area contributed by atoms with Gasteiger partial charge in [-0.1, -0.05) is 12.5 Å². The molecule has 0 radical (unpaired) electrons. The van der Waals surface area contributed by atoms with Gasteiger partial charge in [0.2, 0.25) is 0 Å². The van der Waals surface area contributed by atoms with Crippen molar-refractivity contribution in [3.8, 4) is 5.75 Å². The molecule has 0 saturated carbocycles. The molecule has 16 heavy (non-hydrogen) atoms. The first-order valence-electron chi connectivity index (χ1n) is 6.00. The first kappa shape index (κ1) is 11.5. The van der Waals surface area contributed by atoms with Gasteiger partial charge in [-0.3, -0.25) is 0 Å². The largest absolute Gasteiger partial charge is 0.496 e. The summed E-state index contributed by atoms with van der Waals surface area (Å²) in [5.41, 5.74) is 4.71. The third-order valence-electron chi connectivity index (χ3n) is 3.55. The Morgan fingerprint density at radius 3 is 2.75 bits per heavy atom. The molecule has 0 spiro atoms. The van der Waals surface area contributed by atoms with Gasteiger partial charge in [0.25, 0.3) is 0 Å². The Morgan fingerprint density at radius 1 is 1.31 bits per heavy atom. The Bertz CT molecular complexity index is 396. The quantitative estimate of drug-likeness (QED) is 0.737. The number of hydrogen-bond donors (Lipinski definition) is 1. The lowest BCUT2D eigenvalue weighted by Gasteiger charge is -2.19. The Hall–Kier alpha value is -1.02. The van der Waals surface area contributed by atoms with Crippen LogP contribution in [0.15, 0.2) is 6.07 Å². The van der Waals surface area contributed by atoms with Gasteiger partial charge in [-0.05, 0) is 55.4 Å². The molecule has 0 amide bonds. The SMILES string of the molecule is COc1c(C)cc2c(c1C)C(O)CCCC2. The highest BCUT2D eigenvalue weighted by atomic mass is 16.5. The van der Waals surface area contributed by atoms with E-state index in [2.05, 4.69) is 19.9 Å². The first-order chi connectivity index (χ1) is 7.65. The van der Waals surface area contributed by atoms with Crippen LogP contribution in [-0.4, -0.2) is 12.2 Å². The molecule has 0 aromatic heterocycles. The number of aliphatic hydroxyl groups excluding tert-OH is 1. The highest BCUT2D eigenvalue weighted by Crippen LogP contribution is 2.37. The minimum absolute atomic E-state index is 0.313. The summed E-state index contributed by atoms with van der Waals surface area (Å²) < 4.78 is 5.42. The van der Waals surface area contributed by atoms with Crippen LogP contribution in [0.2, 0.25) is 0 Å². The lowest BCUT2D eigenvalue weighted by atomic mass is 9.93. The topological polar surface area (TPSA) is 29.5 Å². The van der Waals surface area contributed by atoms with Crippen LogP contribution in [-0.2, 0) is 6.42 Å². The molecule has 1 atom stereocenters. The van der Waals surface area contributed by atoms with Gasteiger partial charge in [0.1, 0.15) is 5.75 Å². The van der Waals surface area contributed by atoms with E-state index in [0.29, 0.717) is 0 Å². The molecule has 1 aromatic carbocycles. The maximum Gasteiger partial charge on any atom is 0.125 e. The minimum Gasteiger partial charge on any atom is -0.496 e. The number of aryl methyl sites for hydroxylation is 2. The third-order valence-corrected chi connectivity index (χ3v) is 3.55. The molecule has 1 N–H and O–H groups in total. The van der Waals surface area contributed by atoms with E-state index >= 15 is 0 Å². The van der Waals surface area contributed by atoms with E-state index in [9.17, 15) is 5.11 Å². The fraction of sp³-hybridized carbons (Fsp3) is 0.571. The predicted octanol–water partition coefficient (Wildman–Crippen LogP) is 3.07. The van der Waals surface area contributed by atoms with Crippen LogP contribution in [0, 0.1) is 13.8 Å². The Morgan fingerprint density at radius 2 is 2.06 bits per heavy atom. The van der Waals surface area contributed by atoms with Crippen LogP contribution in [0.4, 0.5) is 0 Å². The number of benzene rings is 1. The summed E-state index contributed by atoms with van der Waals surface area (Å²) in [6.45, 7) is 4.13. The average molecular weight is 220 g/mol.